The predicted octanol–water partition coefficient (Wildman–Crippen LogP) is 2.14. The van der Waals surface area contributed by atoms with E-state index in [0.717, 1.165) is 5.56 Å². The Morgan fingerprint density at radius 3 is 2.95 bits per heavy atom. The Balaban J connectivity index is 2.01. The van der Waals surface area contributed by atoms with Gasteiger partial charge in [-0.15, -0.1) is 0 Å². The van der Waals surface area contributed by atoms with E-state index in [1.807, 2.05) is 13.0 Å². The zero-order valence-electron chi connectivity index (χ0n) is 10.7. The van der Waals surface area contributed by atoms with E-state index in [1.165, 1.54) is 6.07 Å². The Hall–Kier alpha value is -2.28. The van der Waals surface area contributed by atoms with Crippen molar-refractivity contribution in [2.75, 3.05) is 0 Å². The van der Waals surface area contributed by atoms with Crippen LogP contribution in [0.1, 0.15) is 30.2 Å². The summed E-state index contributed by atoms with van der Waals surface area (Å²) in [6.07, 6.45) is 0. The SMILES string of the molecule is Cc1noc(CNC(C)c2cccc([N+](=O)[O-])c2)n1. The van der Waals surface area contributed by atoms with E-state index in [0.29, 0.717) is 18.3 Å². The maximum absolute atomic E-state index is 10.7. The van der Waals surface area contributed by atoms with Gasteiger partial charge in [-0.2, -0.15) is 4.98 Å². The Bertz CT molecular complexity index is 582. The molecule has 0 amide bonds. The number of nitro groups is 1. The number of benzene rings is 1. The number of aromatic nitrogens is 2. The molecule has 19 heavy (non-hydrogen) atoms. The van der Waals surface area contributed by atoms with Crippen LogP contribution < -0.4 is 5.32 Å². The largest absolute Gasteiger partial charge is 0.338 e. The Kier molecular flexibility index (Phi) is 3.86. The van der Waals surface area contributed by atoms with Gasteiger partial charge in [-0.05, 0) is 19.4 Å². The highest BCUT2D eigenvalue weighted by atomic mass is 16.6. The molecule has 0 radical (unpaired) electrons. The molecule has 0 aliphatic heterocycles. The molecule has 1 aromatic heterocycles. The molecule has 0 bridgehead atoms. The fourth-order valence-electron chi connectivity index (χ4n) is 1.68. The van der Waals surface area contributed by atoms with Gasteiger partial charge in [0.05, 0.1) is 11.5 Å². The van der Waals surface area contributed by atoms with Crippen molar-refractivity contribution >= 4 is 5.69 Å². The first-order chi connectivity index (χ1) is 9.06. The molecule has 0 saturated heterocycles. The van der Waals surface area contributed by atoms with E-state index in [9.17, 15) is 10.1 Å². The third-order valence-corrected chi connectivity index (χ3v) is 2.71. The van der Waals surface area contributed by atoms with Gasteiger partial charge in [-0.25, -0.2) is 0 Å². The molecular formula is C12H14N4O3. The second-order valence-electron chi connectivity index (χ2n) is 4.19. The average molecular weight is 262 g/mol. The first-order valence-corrected chi connectivity index (χ1v) is 5.83. The zero-order chi connectivity index (χ0) is 13.8. The topological polar surface area (TPSA) is 94.1 Å². The Labute approximate surface area is 109 Å². The Morgan fingerprint density at radius 2 is 2.32 bits per heavy atom. The van der Waals surface area contributed by atoms with Crippen molar-refractivity contribution in [2.24, 2.45) is 0 Å². The van der Waals surface area contributed by atoms with Gasteiger partial charge in [-0.1, -0.05) is 17.3 Å². The number of non-ortho nitro benzene ring substituents is 1. The maximum atomic E-state index is 10.7. The van der Waals surface area contributed by atoms with E-state index in [-0.39, 0.29) is 11.7 Å². The van der Waals surface area contributed by atoms with E-state index in [1.54, 1.807) is 19.1 Å². The smallest absolute Gasteiger partial charge is 0.269 e. The monoisotopic (exact) mass is 262 g/mol. The highest BCUT2D eigenvalue weighted by Gasteiger charge is 2.11. The minimum absolute atomic E-state index is 0.0490. The predicted molar refractivity (Wildman–Crippen MR) is 67.4 cm³/mol. The van der Waals surface area contributed by atoms with Crippen molar-refractivity contribution in [2.45, 2.75) is 26.4 Å². The van der Waals surface area contributed by atoms with Crippen molar-refractivity contribution in [1.29, 1.82) is 0 Å². The third-order valence-electron chi connectivity index (χ3n) is 2.71. The highest BCUT2D eigenvalue weighted by Crippen LogP contribution is 2.19. The first kappa shape index (κ1) is 13.2. The molecular weight excluding hydrogens is 248 g/mol. The van der Waals surface area contributed by atoms with E-state index in [2.05, 4.69) is 15.5 Å². The van der Waals surface area contributed by atoms with Crippen LogP contribution in [0, 0.1) is 17.0 Å². The van der Waals surface area contributed by atoms with Crippen LogP contribution in [0.4, 0.5) is 5.69 Å². The second kappa shape index (κ2) is 5.57. The van der Waals surface area contributed by atoms with E-state index < -0.39 is 4.92 Å². The fourth-order valence-corrected chi connectivity index (χ4v) is 1.68. The van der Waals surface area contributed by atoms with Gasteiger partial charge in [0.25, 0.3) is 5.69 Å². The van der Waals surface area contributed by atoms with Gasteiger partial charge in [0.1, 0.15) is 0 Å². The van der Waals surface area contributed by atoms with Crippen molar-refractivity contribution < 1.29 is 9.45 Å². The van der Waals surface area contributed by atoms with Gasteiger partial charge in [0.2, 0.25) is 5.89 Å². The molecule has 0 aliphatic rings. The fraction of sp³-hybridized carbons (Fsp3) is 0.333. The normalized spacial score (nSPS) is 12.3. The lowest BCUT2D eigenvalue weighted by molar-refractivity contribution is -0.384. The van der Waals surface area contributed by atoms with Gasteiger partial charge in [0.15, 0.2) is 5.82 Å². The maximum Gasteiger partial charge on any atom is 0.269 e. The van der Waals surface area contributed by atoms with Crippen molar-refractivity contribution in [3.05, 3.63) is 51.7 Å². The molecule has 100 valence electrons. The molecule has 1 unspecified atom stereocenters. The standard InChI is InChI=1S/C12H14N4O3/c1-8(13-7-12-14-9(2)15-19-12)10-4-3-5-11(6-10)16(17)18/h3-6,8,13H,7H2,1-2H3. The first-order valence-electron chi connectivity index (χ1n) is 5.83. The molecule has 1 atom stereocenters. The molecule has 7 heteroatoms. The number of hydrogen-bond acceptors (Lipinski definition) is 6. The van der Waals surface area contributed by atoms with Crippen molar-refractivity contribution in [3.8, 4) is 0 Å². The molecule has 2 rings (SSSR count). The lowest BCUT2D eigenvalue weighted by Crippen LogP contribution is -2.18. The van der Waals surface area contributed by atoms with Crippen LogP contribution in [-0.2, 0) is 6.54 Å². The number of hydrogen-bond donors (Lipinski definition) is 1. The lowest BCUT2D eigenvalue weighted by Gasteiger charge is -2.12. The molecule has 0 fully saturated rings. The van der Waals surface area contributed by atoms with Crippen LogP contribution >= 0.6 is 0 Å². The molecule has 0 aliphatic carbocycles. The summed E-state index contributed by atoms with van der Waals surface area (Å²) < 4.78 is 4.98. The van der Waals surface area contributed by atoms with Crippen LogP contribution in [0.2, 0.25) is 0 Å². The molecule has 1 aromatic carbocycles. The minimum atomic E-state index is -0.405. The molecule has 2 aromatic rings. The number of nitro benzene ring substituents is 1. The minimum Gasteiger partial charge on any atom is -0.338 e. The van der Waals surface area contributed by atoms with Crippen molar-refractivity contribution in [3.63, 3.8) is 0 Å². The quantitative estimate of drug-likeness (QED) is 0.655. The second-order valence-corrected chi connectivity index (χ2v) is 4.19. The summed E-state index contributed by atoms with van der Waals surface area (Å²) in [6.45, 7) is 4.09. The van der Waals surface area contributed by atoms with Gasteiger partial charge < -0.3 is 9.84 Å². The molecule has 0 spiro atoms. The summed E-state index contributed by atoms with van der Waals surface area (Å²) in [7, 11) is 0. The molecule has 0 saturated carbocycles. The number of rotatable bonds is 5. The number of nitrogens with zero attached hydrogens (tertiary/aromatic N) is 3. The molecule has 1 N–H and O–H groups in total. The lowest BCUT2D eigenvalue weighted by atomic mass is 10.1. The van der Waals surface area contributed by atoms with Gasteiger partial charge in [0, 0.05) is 18.2 Å². The number of nitrogens with one attached hydrogen (secondary N) is 1. The molecule has 7 nitrogen and oxygen atoms in total. The number of aryl methyl sites for hydroxylation is 1. The van der Waals surface area contributed by atoms with Crippen LogP contribution in [0.15, 0.2) is 28.8 Å². The van der Waals surface area contributed by atoms with Crippen molar-refractivity contribution in [1.82, 2.24) is 15.5 Å². The summed E-state index contributed by atoms with van der Waals surface area (Å²) in [5, 5.41) is 17.6. The van der Waals surface area contributed by atoms with E-state index in [4.69, 9.17) is 4.52 Å². The Morgan fingerprint density at radius 1 is 1.53 bits per heavy atom. The van der Waals surface area contributed by atoms with Crippen LogP contribution in [0.25, 0.3) is 0 Å². The zero-order valence-corrected chi connectivity index (χ0v) is 10.7. The van der Waals surface area contributed by atoms with E-state index >= 15 is 0 Å². The summed E-state index contributed by atoms with van der Waals surface area (Å²) in [5.74, 6) is 1.08. The summed E-state index contributed by atoms with van der Waals surface area (Å²) in [5.41, 5.74) is 0.922. The molecule has 1 heterocycles. The van der Waals surface area contributed by atoms with Gasteiger partial charge in [-0.3, -0.25) is 10.1 Å². The van der Waals surface area contributed by atoms with Crippen LogP contribution in [-0.4, -0.2) is 15.1 Å². The summed E-state index contributed by atoms with van der Waals surface area (Å²) >= 11 is 0. The third kappa shape index (κ3) is 3.35. The van der Waals surface area contributed by atoms with Crippen LogP contribution in [0.3, 0.4) is 0 Å². The summed E-state index contributed by atoms with van der Waals surface area (Å²) in [6, 6.07) is 6.48. The highest BCUT2D eigenvalue weighted by molar-refractivity contribution is 5.35. The summed E-state index contributed by atoms with van der Waals surface area (Å²) in [4.78, 5) is 14.4. The van der Waals surface area contributed by atoms with Gasteiger partial charge >= 0.3 is 0 Å². The van der Waals surface area contributed by atoms with Crippen LogP contribution in [0.5, 0.6) is 0 Å². The average Bonchev–Trinajstić information content (AvgIpc) is 2.82.